The van der Waals surface area contributed by atoms with Crippen molar-refractivity contribution in [2.75, 3.05) is 44.2 Å². The van der Waals surface area contributed by atoms with Crippen LogP contribution < -0.4 is 4.90 Å². The van der Waals surface area contributed by atoms with E-state index in [-0.39, 0.29) is 6.09 Å². The van der Waals surface area contributed by atoms with Crippen LogP contribution in [0.3, 0.4) is 0 Å². The molecule has 1 aromatic carbocycles. The van der Waals surface area contributed by atoms with E-state index < -0.39 is 17.3 Å². The lowest BCUT2D eigenvalue weighted by Crippen LogP contribution is -2.49. The Hall–Kier alpha value is -1.96. The van der Waals surface area contributed by atoms with Gasteiger partial charge in [0.05, 0.1) is 5.56 Å². The fourth-order valence-corrected chi connectivity index (χ4v) is 4.05. The number of benzene rings is 1. The standard InChI is InChI=1S/C23H34F3N3O2/c1-17-5-7-28(8-6-17)20-14-18(13-19(15-20)23(24,25)26)16-27-9-11-29(12-10-27)21(30)31-22(2,3)4/h13-15,17H,5-12,16H2,1-4H3. The van der Waals surface area contributed by atoms with E-state index in [1.807, 2.05) is 26.8 Å². The molecule has 0 atom stereocenters. The molecule has 2 saturated heterocycles. The van der Waals surface area contributed by atoms with Crippen LogP contribution in [0.2, 0.25) is 0 Å². The van der Waals surface area contributed by atoms with Gasteiger partial charge >= 0.3 is 12.3 Å². The third-order valence-corrected chi connectivity index (χ3v) is 5.88. The number of hydrogen-bond acceptors (Lipinski definition) is 4. The minimum Gasteiger partial charge on any atom is -0.444 e. The summed E-state index contributed by atoms with van der Waals surface area (Å²) in [6, 6.07) is 4.43. The van der Waals surface area contributed by atoms with Gasteiger partial charge in [-0.2, -0.15) is 13.2 Å². The molecule has 8 heteroatoms. The first kappa shape index (κ1) is 23.7. The molecule has 1 aromatic rings. The molecule has 2 aliphatic heterocycles. The highest BCUT2D eigenvalue weighted by Gasteiger charge is 2.32. The van der Waals surface area contributed by atoms with E-state index >= 15 is 0 Å². The molecule has 2 fully saturated rings. The van der Waals surface area contributed by atoms with Crippen molar-refractivity contribution in [3.8, 4) is 0 Å². The van der Waals surface area contributed by atoms with Crippen molar-refractivity contribution in [3.05, 3.63) is 29.3 Å². The molecule has 2 aliphatic rings. The molecule has 0 spiro atoms. The highest BCUT2D eigenvalue weighted by Crippen LogP contribution is 2.34. The van der Waals surface area contributed by atoms with Gasteiger partial charge in [0, 0.05) is 51.5 Å². The number of carbonyl (C=O) groups excluding carboxylic acids is 1. The first-order chi connectivity index (χ1) is 14.4. The van der Waals surface area contributed by atoms with Crippen LogP contribution in [0.1, 0.15) is 51.7 Å². The van der Waals surface area contributed by atoms with Crippen LogP contribution in [0.4, 0.5) is 23.7 Å². The molecule has 5 nitrogen and oxygen atoms in total. The first-order valence-electron chi connectivity index (χ1n) is 11.1. The van der Waals surface area contributed by atoms with Crippen LogP contribution in [0.15, 0.2) is 18.2 Å². The molecule has 0 bridgehead atoms. The highest BCUT2D eigenvalue weighted by atomic mass is 19.4. The third-order valence-electron chi connectivity index (χ3n) is 5.88. The van der Waals surface area contributed by atoms with Crippen LogP contribution in [-0.2, 0) is 17.5 Å². The predicted octanol–water partition coefficient (Wildman–Crippen LogP) is 4.99. The monoisotopic (exact) mass is 441 g/mol. The number of piperazine rings is 1. The summed E-state index contributed by atoms with van der Waals surface area (Å²) in [5, 5.41) is 0. The lowest BCUT2D eigenvalue weighted by atomic mass is 9.98. The summed E-state index contributed by atoms with van der Waals surface area (Å²) in [4.78, 5) is 18.1. The van der Waals surface area contributed by atoms with Crippen molar-refractivity contribution in [1.82, 2.24) is 9.80 Å². The van der Waals surface area contributed by atoms with E-state index in [4.69, 9.17) is 4.74 Å². The fraction of sp³-hybridized carbons (Fsp3) is 0.696. The molecular formula is C23H34F3N3O2. The predicted molar refractivity (Wildman–Crippen MR) is 115 cm³/mol. The van der Waals surface area contributed by atoms with Crippen LogP contribution in [-0.4, -0.2) is 60.8 Å². The number of carbonyl (C=O) groups is 1. The van der Waals surface area contributed by atoms with Gasteiger partial charge < -0.3 is 14.5 Å². The molecule has 0 unspecified atom stereocenters. The topological polar surface area (TPSA) is 36.0 Å². The molecule has 0 aliphatic carbocycles. The second-order valence-corrected chi connectivity index (χ2v) is 9.80. The molecule has 0 radical (unpaired) electrons. The van der Waals surface area contributed by atoms with Gasteiger partial charge in [-0.3, -0.25) is 4.90 Å². The zero-order valence-electron chi connectivity index (χ0n) is 19.0. The Balaban J connectivity index is 1.67. The molecule has 2 heterocycles. The van der Waals surface area contributed by atoms with Gasteiger partial charge in [0.2, 0.25) is 0 Å². The molecule has 0 N–H and O–H groups in total. The van der Waals surface area contributed by atoms with Gasteiger partial charge in [0.1, 0.15) is 5.60 Å². The van der Waals surface area contributed by atoms with Crippen molar-refractivity contribution in [2.45, 2.75) is 58.9 Å². The van der Waals surface area contributed by atoms with Gasteiger partial charge in [0.25, 0.3) is 0 Å². The van der Waals surface area contributed by atoms with E-state index in [0.717, 1.165) is 25.9 Å². The number of piperidine rings is 1. The van der Waals surface area contributed by atoms with Gasteiger partial charge in [-0.25, -0.2) is 4.79 Å². The summed E-state index contributed by atoms with van der Waals surface area (Å²) in [7, 11) is 0. The Morgan fingerprint density at radius 2 is 1.61 bits per heavy atom. The van der Waals surface area contributed by atoms with E-state index in [9.17, 15) is 18.0 Å². The SMILES string of the molecule is CC1CCN(c2cc(CN3CCN(C(=O)OC(C)(C)C)CC3)cc(C(F)(F)F)c2)CC1. The number of amides is 1. The zero-order valence-corrected chi connectivity index (χ0v) is 19.0. The van der Waals surface area contributed by atoms with E-state index in [0.29, 0.717) is 49.9 Å². The van der Waals surface area contributed by atoms with Crippen LogP contribution in [0.25, 0.3) is 0 Å². The number of nitrogens with zero attached hydrogens (tertiary/aromatic N) is 3. The van der Waals surface area contributed by atoms with E-state index in [1.54, 1.807) is 4.90 Å². The lowest BCUT2D eigenvalue weighted by molar-refractivity contribution is -0.137. The zero-order chi connectivity index (χ0) is 22.8. The minimum absolute atomic E-state index is 0.340. The van der Waals surface area contributed by atoms with Crippen molar-refractivity contribution in [3.63, 3.8) is 0 Å². The smallest absolute Gasteiger partial charge is 0.416 e. The summed E-state index contributed by atoms with van der Waals surface area (Å²) >= 11 is 0. The Labute approximate surface area is 183 Å². The van der Waals surface area contributed by atoms with Crippen molar-refractivity contribution >= 4 is 11.8 Å². The van der Waals surface area contributed by atoms with E-state index in [1.165, 1.54) is 12.1 Å². The normalized spacial score (nSPS) is 19.6. The molecule has 3 rings (SSSR count). The van der Waals surface area contributed by atoms with Crippen molar-refractivity contribution in [2.24, 2.45) is 5.92 Å². The number of rotatable bonds is 3. The van der Waals surface area contributed by atoms with E-state index in [2.05, 4.69) is 16.7 Å². The maximum absolute atomic E-state index is 13.5. The molecule has 174 valence electrons. The minimum atomic E-state index is -4.37. The Morgan fingerprint density at radius 3 is 2.16 bits per heavy atom. The molecule has 0 aromatic heterocycles. The molecule has 0 saturated carbocycles. The lowest BCUT2D eigenvalue weighted by Gasteiger charge is -2.36. The Bertz CT molecular complexity index is 760. The van der Waals surface area contributed by atoms with Crippen LogP contribution in [0, 0.1) is 5.92 Å². The number of halogens is 3. The van der Waals surface area contributed by atoms with Crippen molar-refractivity contribution < 1.29 is 22.7 Å². The third kappa shape index (κ3) is 6.76. The quantitative estimate of drug-likeness (QED) is 0.662. The maximum Gasteiger partial charge on any atom is 0.416 e. The second kappa shape index (κ2) is 9.27. The summed E-state index contributed by atoms with van der Waals surface area (Å²) < 4.78 is 46.0. The van der Waals surface area contributed by atoms with Crippen LogP contribution in [0.5, 0.6) is 0 Å². The average molecular weight is 442 g/mol. The number of anilines is 1. The number of hydrogen-bond donors (Lipinski definition) is 0. The number of ether oxygens (including phenoxy) is 1. The highest BCUT2D eigenvalue weighted by molar-refractivity contribution is 5.68. The molecule has 1 amide bonds. The molecule has 31 heavy (non-hydrogen) atoms. The summed E-state index contributed by atoms with van der Waals surface area (Å²) in [5.41, 5.74) is 0.179. The molecular weight excluding hydrogens is 407 g/mol. The Kier molecular flexibility index (Phi) is 7.08. The van der Waals surface area contributed by atoms with Crippen LogP contribution >= 0.6 is 0 Å². The van der Waals surface area contributed by atoms with Gasteiger partial charge in [0.15, 0.2) is 0 Å². The van der Waals surface area contributed by atoms with Gasteiger partial charge in [-0.05, 0) is 63.3 Å². The summed E-state index contributed by atoms with van der Waals surface area (Å²) in [5.74, 6) is 0.614. The van der Waals surface area contributed by atoms with Crippen molar-refractivity contribution in [1.29, 1.82) is 0 Å². The fourth-order valence-electron chi connectivity index (χ4n) is 4.05. The maximum atomic E-state index is 13.5. The van der Waals surface area contributed by atoms with Gasteiger partial charge in [-0.15, -0.1) is 0 Å². The number of alkyl halides is 3. The Morgan fingerprint density at radius 1 is 1.00 bits per heavy atom. The average Bonchev–Trinajstić information content (AvgIpc) is 2.67. The first-order valence-corrected chi connectivity index (χ1v) is 11.1. The second-order valence-electron chi connectivity index (χ2n) is 9.80. The van der Waals surface area contributed by atoms with Gasteiger partial charge in [-0.1, -0.05) is 6.92 Å². The largest absolute Gasteiger partial charge is 0.444 e. The summed E-state index contributed by atoms with van der Waals surface area (Å²) in [6.07, 6.45) is -2.72. The summed E-state index contributed by atoms with van der Waals surface area (Å²) in [6.45, 7) is 11.9.